The average Bonchev–Trinajstić information content (AvgIpc) is 2.26. The molecule has 0 aliphatic heterocycles. The largest absolute Gasteiger partial charge is 0.478 e. The van der Waals surface area contributed by atoms with Gasteiger partial charge in [-0.2, -0.15) is 0 Å². The number of carboxylic acids is 1. The topological polar surface area (TPSA) is 37.3 Å². The first kappa shape index (κ1) is 11.9. The highest BCUT2D eigenvalue weighted by Crippen LogP contribution is 2.36. The lowest BCUT2D eigenvalue weighted by Crippen LogP contribution is -2.15. The predicted molar refractivity (Wildman–Crippen MR) is 68.9 cm³/mol. The third kappa shape index (κ3) is 2.12. The lowest BCUT2D eigenvalue weighted by atomic mass is 9.80. The van der Waals surface area contributed by atoms with Crippen molar-refractivity contribution in [1.29, 1.82) is 0 Å². The fourth-order valence-electron chi connectivity index (χ4n) is 2.60. The first-order valence-corrected chi connectivity index (χ1v) is 6.07. The fraction of sp³-hybridized carbons (Fsp3) is 0.400. The molecule has 17 heavy (non-hydrogen) atoms. The molecule has 0 unspecified atom stereocenters. The smallest absolute Gasteiger partial charge is 0.331 e. The molecule has 0 radical (unpaired) electrons. The van der Waals surface area contributed by atoms with E-state index in [1.54, 1.807) is 0 Å². The van der Waals surface area contributed by atoms with E-state index in [9.17, 15) is 9.90 Å². The summed E-state index contributed by atoms with van der Waals surface area (Å²) in [6.07, 6.45) is 1.49. The second kappa shape index (κ2) is 4.36. The van der Waals surface area contributed by atoms with Gasteiger partial charge in [-0.15, -0.1) is 0 Å². The van der Waals surface area contributed by atoms with E-state index >= 15 is 0 Å². The lowest BCUT2D eigenvalue weighted by Gasteiger charge is -2.24. The van der Waals surface area contributed by atoms with Gasteiger partial charge in [-0.25, -0.2) is 4.79 Å². The minimum atomic E-state index is -0.763. The van der Waals surface area contributed by atoms with Crippen LogP contribution in [0.3, 0.4) is 0 Å². The predicted octanol–water partition coefficient (Wildman–Crippen LogP) is 3.44. The Morgan fingerprint density at radius 3 is 2.59 bits per heavy atom. The van der Waals surface area contributed by atoms with Crippen LogP contribution < -0.4 is 0 Å². The fourth-order valence-corrected chi connectivity index (χ4v) is 2.60. The number of hydrogen-bond donors (Lipinski definition) is 1. The third-order valence-corrected chi connectivity index (χ3v) is 3.36. The minimum absolute atomic E-state index is 0.252. The monoisotopic (exact) mass is 230 g/mol. The van der Waals surface area contributed by atoms with E-state index < -0.39 is 5.97 Å². The average molecular weight is 230 g/mol. The SMILES string of the molecule is Cc1ccc2c(c1)C(C(C)C)=C(C(=O)O)CC2. The normalized spacial score (nSPS) is 15.1. The molecule has 1 N–H and O–H groups in total. The molecule has 1 aromatic carbocycles. The van der Waals surface area contributed by atoms with E-state index in [0.29, 0.717) is 12.0 Å². The molecule has 1 aliphatic carbocycles. The highest BCUT2D eigenvalue weighted by atomic mass is 16.4. The Hall–Kier alpha value is -1.57. The summed E-state index contributed by atoms with van der Waals surface area (Å²) in [6.45, 7) is 6.18. The molecule has 2 heteroatoms. The maximum Gasteiger partial charge on any atom is 0.331 e. The number of aliphatic carboxylic acids is 1. The highest BCUT2D eigenvalue weighted by Gasteiger charge is 2.24. The Kier molecular flexibility index (Phi) is 3.05. The molecular weight excluding hydrogens is 212 g/mol. The molecule has 0 saturated heterocycles. The second-order valence-electron chi connectivity index (χ2n) is 5.01. The first-order valence-electron chi connectivity index (χ1n) is 6.07. The first-order chi connectivity index (χ1) is 8.00. The van der Waals surface area contributed by atoms with Gasteiger partial charge in [0, 0.05) is 5.57 Å². The van der Waals surface area contributed by atoms with Gasteiger partial charge in [-0.3, -0.25) is 0 Å². The molecular formula is C15H18O2. The summed E-state index contributed by atoms with van der Waals surface area (Å²) in [5.74, 6) is -0.511. The van der Waals surface area contributed by atoms with Gasteiger partial charge in [0.05, 0.1) is 0 Å². The lowest BCUT2D eigenvalue weighted by molar-refractivity contribution is -0.132. The van der Waals surface area contributed by atoms with Crippen molar-refractivity contribution in [2.75, 3.05) is 0 Å². The summed E-state index contributed by atoms with van der Waals surface area (Å²) in [4.78, 5) is 11.3. The number of allylic oxidation sites excluding steroid dienone is 1. The van der Waals surface area contributed by atoms with Gasteiger partial charge in [0.25, 0.3) is 0 Å². The van der Waals surface area contributed by atoms with Crippen LogP contribution in [0.25, 0.3) is 5.57 Å². The van der Waals surface area contributed by atoms with E-state index in [1.807, 2.05) is 6.92 Å². The number of carbonyl (C=O) groups is 1. The standard InChI is InChI=1S/C15H18O2/c1-9(2)14-12(15(16)17)7-6-11-5-4-10(3)8-13(11)14/h4-5,8-9H,6-7H2,1-3H3,(H,16,17). The number of carboxylic acid groups (broad SMARTS) is 1. The zero-order chi connectivity index (χ0) is 12.6. The Morgan fingerprint density at radius 1 is 1.29 bits per heavy atom. The molecule has 0 heterocycles. The Balaban J connectivity index is 2.66. The van der Waals surface area contributed by atoms with Gasteiger partial charge < -0.3 is 5.11 Å². The van der Waals surface area contributed by atoms with Crippen molar-refractivity contribution in [2.24, 2.45) is 5.92 Å². The molecule has 0 aromatic heterocycles. The van der Waals surface area contributed by atoms with E-state index in [0.717, 1.165) is 17.6 Å². The third-order valence-electron chi connectivity index (χ3n) is 3.36. The Bertz CT molecular complexity index is 496. The van der Waals surface area contributed by atoms with Crippen molar-refractivity contribution >= 4 is 11.5 Å². The molecule has 1 aliphatic rings. The number of aryl methyl sites for hydroxylation is 2. The summed E-state index contributed by atoms with van der Waals surface area (Å²) in [5.41, 5.74) is 5.22. The molecule has 0 bridgehead atoms. The van der Waals surface area contributed by atoms with Crippen LogP contribution in [0.5, 0.6) is 0 Å². The minimum Gasteiger partial charge on any atom is -0.478 e. The van der Waals surface area contributed by atoms with Gasteiger partial charge in [-0.1, -0.05) is 37.6 Å². The molecule has 0 fully saturated rings. The molecule has 1 aromatic rings. The van der Waals surface area contributed by atoms with Crippen molar-refractivity contribution in [3.8, 4) is 0 Å². The quantitative estimate of drug-likeness (QED) is 0.845. The van der Waals surface area contributed by atoms with E-state index in [1.165, 1.54) is 11.1 Å². The molecule has 0 amide bonds. The zero-order valence-corrected chi connectivity index (χ0v) is 10.6. The van der Waals surface area contributed by atoms with Crippen LogP contribution in [0, 0.1) is 12.8 Å². The van der Waals surface area contributed by atoms with E-state index in [4.69, 9.17) is 0 Å². The van der Waals surface area contributed by atoms with Crippen LogP contribution in [0.2, 0.25) is 0 Å². The molecule has 90 valence electrons. The maximum atomic E-state index is 11.3. The highest BCUT2D eigenvalue weighted by molar-refractivity contribution is 5.98. The number of fused-ring (bicyclic) bond motifs is 1. The van der Waals surface area contributed by atoms with Crippen LogP contribution in [0.4, 0.5) is 0 Å². The van der Waals surface area contributed by atoms with Crippen molar-refractivity contribution in [1.82, 2.24) is 0 Å². The van der Waals surface area contributed by atoms with Crippen LogP contribution in [-0.4, -0.2) is 11.1 Å². The van der Waals surface area contributed by atoms with Gasteiger partial charge in [0.15, 0.2) is 0 Å². The molecule has 2 nitrogen and oxygen atoms in total. The number of rotatable bonds is 2. The Morgan fingerprint density at radius 2 is 2.00 bits per heavy atom. The van der Waals surface area contributed by atoms with E-state index in [2.05, 4.69) is 32.0 Å². The number of benzene rings is 1. The van der Waals surface area contributed by atoms with Crippen LogP contribution >= 0.6 is 0 Å². The molecule has 0 atom stereocenters. The molecule has 0 saturated carbocycles. The van der Waals surface area contributed by atoms with Crippen LogP contribution in [0.1, 0.15) is 37.0 Å². The van der Waals surface area contributed by atoms with Crippen LogP contribution in [-0.2, 0) is 11.2 Å². The van der Waals surface area contributed by atoms with E-state index in [-0.39, 0.29) is 5.92 Å². The molecule has 2 rings (SSSR count). The molecule has 0 spiro atoms. The summed E-state index contributed by atoms with van der Waals surface area (Å²) in [6, 6.07) is 6.35. The zero-order valence-electron chi connectivity index (χ0n) is 10.6. The summed E-state index contributed by atoms with van der Waals surface area (Å²) in [5, 5.41) is 9.29. The van der Waals surface area contributed by atoms with Crippen molar-refractivity contribution in [2.45, 2.75) is 33.6 Å². The van der Waals surface area contributed by atoms with Gasteiger partial charge >= 0.3 is 5.97 Å². The summed E-state index contributed by atoms with van der Waals surface area (Å²) in [7, 11) is 0. The van der Waals surface area contributed by atoms with Crippen molar-refractivity contribution in [3.63, 3.8) is 0 Å². The summed E-state index contributed by atoms with van der Waals surface area (Å²) >= 11 is 0. The van der Waals surface area contributed by atoms with Gasteiger partial charge in [-0.05, 0) is 42.4 Å². The summed E-state index contributed by atoms with van der Waals surface area (Å²) < 4.78 is 0. The van der Waals surface area contributed by atoms with Gasteiger partial charge in [0.1, 0.15) is 0 Å². The number of hydrogen-bond acceptors (Lipinski definition) is 1. The second-order valence-corrected chi connectivity index (χ2v) is 5.01. The van der Waals surface area contributed by atoms with Crippen molar-refractivity contribution in [3.05, 3.63) is 40.5 Å². The maximum absolute atomic E-state index is 11.3. The van der Waals surface area contributed by atoms with Crippen molar-refractivity contribution < 1.29 is 9.90 Å². The van der Waals surface area contributed by atoms with Gasteiger partial charge in [0.2, 0.25) is 0 Å². The van der Waals surface area contributed by atoms with Crippen LogP contribution in [0.15, 0.2) is 23.8 Å². The Labute approximate surface area is 102 Å².